The van der Waals surface area contributed by atoms with Crippen molar-refractivity contribution >= 4 is 16.7 Å². The molecule has 0 amide bonds. The number of imidazole rings is 1. The van der Waals surface area contributed by atoms with Crippen LogP contribution in [0.4, 0.5) is 5.82 Å². The first-order chi connectivity index (χ1) is 13.7. The molecule has 2 aromatic heterocycles. The van der Waals surface area contributed by atoms with E-state index in [-0.39, 0.29) is 6.61 Å². The fourth-order valence-electron chi connectivity index (χ4n) is 3.67. The summed E-state index contributed by atoms with van der Waals surface area (Å²) in [5, 5.41) is 10.7. The number of aromatic nitrogens is 3. The van der Waals surface area contributed by atoms with Crippen molar-refractivity contribution in [2.75, 3.05) is 44.4 Å². The highest BCUT2D eigenvalue weighted by Crippen LogP contribution is 2.26. The Balaban J connectivity index is 1.68. The molecule has 0 saturated carbocycles. The SMILES string of the molecule is Cc1ccc2cc(CN(CCO)Cc3ncc[nH]3)c(N3CCOCC3)nc2c1. The van der Waals surface area contributed by atoms with Gasteiger partial charge in [0.25, 0.3) is 0 Å². The number of pyridine rings is 1. The zero-order valence-electron chi connectivity index (χ0n) is 16.3. The van der Waals surface area contributed by atoms with Crippen LogP contribution in [0.1, 0.15) is 17.0 Å². The smallest absolute Gasteiger partial charge is 0.133 e. The van der Waals surface area contributed by atoms with E-state index in [1.165, 1.54) is 11.1 Å². The maximum Gasteiger partial charge on any atom is 0.133 e. The van der Waals surface area contributed by atoms with E-state index in [0.717, 1.165) is 48.8 Å². The first kappa shape index (κ1) is 18.9. The highest BCUT2D eigenvalue weighted by molar-refractivity contribution is 5.82. The Morgan fingerprint density at radius 3 is 2.82 bits per heavy atom. The van der Waals surface area contributed by atoms with Crippen molar-refractivity contribution in [1.29, 1.82) is 0 Å². The number of aliphatic hydroxyl groups excluding tert-OH is 1. The third-order valence-corrected chi connectivity index (χ3v) is 5.08. The van der Waals surface area contributed by atoms with E-state index < -0.39 is 0 Å². The van der Waals surface area contributed by atoms with Crippen molar-refractivity contribution < 1.29 is 9.84 Å². The molecule has 1 fully saturated rings. The second-order valence-corrected chi connectivity index (χ2v) is 7.24. The van der Waals surface area contributed by atoms with E-state index in [2.05, 4.69) is 51.0 Å². The van der Waals surface area contributed by atoms with Crippen LogP contribution in [0, 0.1) is 6.92 Å². The Bertz CT molecular complexity index is 907. The molecule has 1 aliphatic heterocycles. The average Bonchev–Trinajstić information content (AvgIpc) is 3.21. The van der Waals surface area contributed by atoms with Crippen LogP contribution in [-0.4, -0.2) is 64.4 Å². The van der Waals surface area contributed by atoms with Crippen molar-refractivity contribution in [2.45, 2.75) is 20.0 Å². The number of morpholine rings is 1. The summed E-state index contributed by atoms with van der Waals surface area (Å²) in [5.41, 5.74) is 3.39. The minimum absolute atomic E-state index is 0.105. The first-order valence-corrected chi connectivity index (χ1v) is 9.77. The molecule has 0 aliphatic carbocycles. The number of benzene rings is 1. The van der Waals surface area contributed by atoms with Gasteiger partial charge in [0.15, 0.2) is 0 Å². The molecule has 4 rings (SSSR count). The zero-order valence-corrected chi connectivity index (χ0v) is 16.3. The molecule has 7 nitrogen and oxygen atoms in total. The van der Waals surface area contributed by atoms with E-state index in [1.54, 1.807) is 6.20 Å². The highest BCUT2D eigenvalue weighted by atomic mass is 16.5. The molecule has 3 heterocycles. The maximum absolute atomic E-state index is 9.55. The molecule has 7 heteroatoms. The number of aryl methyl sites for hydroxylation is 1. The number of hydrogen-bond donors (Lipinski definition) is 2. The molecule has 3 aromatic rings. The molecular weight excluding hydrogens is 354 g/mol. The summed E-state index contributed by atoms with van der Waals surface area (Å²) < 4.78 is 5.53. The standard InChI is InChI=1S/C21H27N5O2/c1-16-2-3-17-13-18(14-25(6-9-27)15-20-22-4-5-23-20)21(24-19(17)12-16)26-7-10-28-11-8-26/h2-5,12-13,27H,6-11,14-15H2,1H3,(H,22,23). The van der Waals surface area contributed by atoms with Gasteiger partial charge in [-0.2, -0.15) is 0 Å². The third kappa shape index (κ3) is 4.32. The second-order valence-electron chi connectivity index (χ2n) is 7.24. The molecule has 0 atom stereocenters. The van der Waals surface area contributed by atoms with E-state index >= 15 is 0 Å². The second kappa shape index (κ2) is 8.68. The lowest BCUT2D eigenvalue weighted by atomic mass is 10.1. The maximum atomic E-state index is 9.55. The molecule has 2 N–H and O–H groups in total. The summed E-state index contributed by atoms with van der Waals surface area (Å²) in [6.07, 6.45) is 3.58. The highest BCUT2D eigenvalue weighted by Gasteiger charge is 2.19. The number of nitrogens with one attached hydrogen (secondary N) is 1. The van der Waals surface area contributed by atoms with E-state index in [1.807, 2.05) is 6.20 Å². The number of anilines is 1. The molecule has 148 valence electrons. The van der Waals surface area contributed by atoms with Gasteiger partial charge in [-0.1, -0.05) is 12.1 Å². The van der Waals surface area contributed by atoms with Crippen LogP contribution in [0.3, 0.4) is 0 Å². The number of fused-ring (bicyclic) bond motifs is 1. The lowest BCUT2D eigenvalue weighted by molar-refractivity contribution is 0.122. The van der Waals surface area contributed by atoms with Crippen LogP contribution >= 0.6 is 0 Å². The van der Waals surface area contributed by atoms with Crippen molar-refractivity contribution in [3.05, 3.63) is 53.6 Å². The lowest BCUT2D eigenvalue weighted by Gasteiger charge is -2.31. The van der Waals surface area contributed by atoms with Gasteiger partial charge in [-0.15, -0.1) is 0 Å². The molecular formula is C21H27N5O2. The number of aromatic amines is 1. The van der Waals surface area contributed by atoms with E-state index in [0.29, 0.717) is 19.6 Å². The van der Waals surface area contributed by atoms with E-state index in [9.17, 15) is 5.11 Å². The fourth-order valence-corrected chi connectivity index (χ4v) is 3.67. The Kier molecular flexibility index (Phi) is 5.85. The van der Waals surface area contributed by atoms with Gasteiger partial charge in [0, 0.05) is 49.5 Å². The Morgan fingerprint density at radius 1 is 1.21 bits per heavy atom. The monoisotopic (exact) mass is 381 g/mol. The Hall–Kier alpha value is -2.48. The third-order valence-electron chi connectivity index (χ3n) is 5.08. The molecule has 1 aliphatic rings. The fraction of sp³-hybridized carbons (Fsp3) is 0.429. The largest absolute Gasteiger partial charge is 0.395 e. The van der Waals surface area contributed by atoms with Crippen molar-refractivity contribution in [2.24, 2.45) is 0 Å². The molecule has 1 saturated heterocycles. The number of aliphatic hydroxyl groups is 1. The minimum atomic E-state index is 0.105. The van der Waals surface area contributed by atoms with Crippen molar-refractivity contribution in [1.82, 2.24) is 19.9 Å². The van der Waals surface area contributed by atoms with Crippen molar-refractivity contribution in [3.63, 3.8) is 0 Å². The van der Waals surface area contributed by atoms with Crippen molar-refractivity contribution in [3.8, 4) is 0 Å². The van der Waals surface area contributed by atoms with Gasteiger partial charge >= 0.3 is 0 Å². The van der Waals surface area contributed by atoms with Crippen LogP contribution in [-0.2, 0) is 17.8 Å². The molecule has 0 spiro atoms. The molecule has 1 aromatic carbocycles. The minimum Gasteiger partial charge on any atom is -0.395 e. The molecule has 0 bridgehead atoms. The number of rotatable bonds is 7. The molecule has 0 radical (unpaired) electrons. The predicted molar refractivity (Wildman–Crippen MR) is 109 cm³/mol. The zero-order chi connectivity index (χ0) is 19.3. The summed E-state index contributed by atoms with van der Waals surface area (Å²) in [4.78, 5) is 17.0. The van der Waals surface area contributed by atoms with Gasteiger partial charge in [-0.25, -0.2) is 9.97 Å². The number of nitrogens with zero attached hydrogens (tertiary/aromatic N) is 4. The Morgan fingerprint density at radius 2 is 2.07 bits per heavy atom. The van der Waals surface area contributed by atoms with Gasteiger partial charge < -0.3 is 19.7 Å². The average molecular weight is 381 g/mol. The molecule has 28 heavy (non-hydrogen) atoms. The Labute approximate surface area is 165 Å². The summed E-state index contributed by atoms with van der Waals surface area (Å²) in [5.74, 6) is 1.91. The molecule has 0 unspecified atom stereocenters. The van der Waals surface area contributed by atoms with Gasteiger partial charge in [-0.3, -0.25) is 4.90 Å². The van der Waals surface area contributed by atoms with Crippen LogP contribution in [0.2, 0.25) is 0 Å². The number of H-pyrrole nitrogens is 1. The van der Waals surface area contributed by atoms with Gasteiger partial charge in [-0.05, 0) is 24.6 Å². The van der Waals surface area contributed by atoms with Crippen LogP contribution in [0.5, 0.6) is 0 Å². The summed E-state index contributed by atoms with van der Waals surface area (Å²) in [7, 11) is 0. The number of hydrogen-bond acceptors (Lipinski definition) is 6. The van der Waals surface area contributed by atoms with Gasteiger partial charge in [0.2, 0.25) is 0 Å². The number of ether oxygens (including phenoxy) is 1. The van der Waals surface area contributed by atoms with Crippen LogP contribution in [0.25, 0.3) is 10.9 Å². The predicted octanol–water partition coefficient (Wildman–Crippen LogP) is 2.10. The summed E-state index contributed by atoms with van der Waals surface area (Å²) >= 11 is 0. The summed E-state index contributed by atoms with van der Waals surface area (Å²) in [6, 6.07) is 8.63. The lowest BCUT2D eigenvalue weighted by Crippen LogP contribution is -2.38. The topological polar surface area (TPSA) is 77.5 Å². The van der Waals surface area contributed by atoms with Crippen LogP contribution < -0.4 is 4.90 Å². The first-order valence-electron chi connectivity index (χ1n) is 9.77. The normalized spacial score (nSPS) is 14.9. The quantitative estimate of drug-likeness (QED) is 0.653. The van der Waals surface area contributed by atoms with Crippen LogP contribution in [0.15, 0.2) is 36.7 Å². The van der Waals surface area contributed by atoms with Gasteiger partial charge in [0.05, 0.1) is 31.9 Å². The summed E-state index contributed by atoms with van der Waals surface area (Å²) in [6.45, 7) is 7.26. The van der Waals surface area contributed by atoms with Gasteiger partial charge in [0.1, 0.15) is 11.6 Å². The van der Waals surface area contributed by atoms with E-state index in [4.69, 9.17) is 9.72 Å².